The quantitative estimate of drug-likeness (QED) is 0.0946. The van der Waals surface area contributed by atoms with Crippen LogP contribution in [0.5, 0.6) is 0 Å². The molecule has 0 nitrogen and oxygen atoms in total. The van der Waals surface area contributed by atoms with Crippen LogP contribution in [0, 0.1) is 0 Å². The maximum atomic E-state index is 4.89. The minimum absolute atomic E-state index is 0.586. The zero-order chi connectivity index (χ0) is 49.6. The van der Waals surface area contributed by atoms with Crippen molar-refractivity contribution in [2.45, 2.75) is 0 Å². The first-order valence-electron chi connectivity index (χ1n) is 24.4. The van der Waals surface area contributed by atoms with Gasteiger partial charge in [-0.1, -0.05) is 392 Å². The maximum Gasteiger partial charge on any atom is -0.0465 e. The molecule has 0 amide bonds. The van der Waals surface area contributed by atoms with Gasteiger partial charge in [-0.05, 0) is 22.3 Å². The van der Waals surface area contributed by atoms with Crippen LogP contribution in [0.3, 0.4) is 0 Å². The summed E-state index contributed by atoms with van der Waals surface area (Å²) in [4.78, 5) is 0. The van der Waals surface area contributed by atoms with Gasteiger partial charge in [-0.15, -0.1) is 0 Å². The second kappa shape index (κ2) is 24.1. The van der Waals surface area contributed by atoms with Crippen LogP contribution in [0.2, 0.25) is 0 Å². The van der Waals surface area contributed by atoms with Crippen molar-refractivity contribution >= 4 is 18.8 Å². The summed E-state index contributed by atoms with van der Waals surface area (Å²) >= 11 is -0.586. The monoisotopic (exact) mass is 1060 g/mol. The number of halogens is 2. The standard InChI is InChI=1S/2C35H25.2ClH.Mo/c2*1-6-16-26(17-7-1)31-32(27-18-8-2-9-19-27)34(29-22-12-4-13-23-29)35(30-24-14-5-15-25-30)33(31)28-20-10-3-11-21-28;;;/h2*1-25H;2*1H;/q2*-1;;;+2/p-2. The van der Waals surface area contributed by atoms with Crippen molar-refractivity contribution in [3.8, 4) is 111 Å². The van der Waals surface area contributed by atoms with Gasteiger partial charge in [-0.3, -0.25) is 0 Å². The number of benzene rings is 10. The number of rotatable bonds is 10. The molecule has 0 radical (unpaired) electrons. The van der Waals surface area contributed by atoms with Gasteiger partial charge in [-0.25, -0.2) is 0 Å². The van der Waals surface area contributed by atoms with Gasteiger partial charge in [-0.2, -0.15) is 0 Å². The van der Waals surface area contributed by atoms with E-state index in [2.05, 4.69) is 303 Å². The average molecular weight is 1060 g/mol. The molecule has 12 aromatic carbocycles. The van der Waals surface area contributed by atoms with E-state index in [9.17, 15) is 0 Å². The van der Waals surface area contributed by atoms with Crippen molar-refractivity contribution in [2.75, 3.05) is 0 Å². The summed E-state index contributed by atoms with van der Waals surface area (Å²) in [6.07, 6.45) is 0. The second-order valence-corrected chi connectivity index (χ2v) is 20.5. The number of hydrogen-bond donors (Lipinski definition) is 0. The third-order valence-electron chi connectivity index (χ3n) is 13.1. The average Bonchev–Trinajstić information content (AvgIpc) is 4.04. The Kier molecular flexibility index (Phi) is 16.1. The van der Waals surface area contributed by atoms with Crippen LogP contribution in [0.4, 0.5) is 0 Å². The summed E-state index contributed by atoms with van der Waals surface area (Å²) in [5.74, 6) is 0. The third kappa shape index (κ3) is 10.7. The second-order valence-electron chi connectivity index (χ2n) is 17.5. The fraction of sp³-hybridized carbons (Fsp3) is 0. The molecule has 73 heavy (non-hydrogen) atoms. The zero-order valence-corrected chi connectivity index (χ0v) is 43.6. The van der Waals surface area contributed by atoms with Crippen LogP contribution in [0.15, 0.2) is 303 Å². The van der Waals surface area contributed by atoms with Gasteiger partial charge >= 0.3 is 35.3 Å². The number of hydrogen-bond acceptors (Lipinski definition) is 0. The Hall–Kier alpha value is -7.83. The summed E-state index contributed by atoms with van der Waals surface area (Å²) in [6.45, 7) is 0. The molecule has 0 aliphatic carbocycles. The van der Waals surface area contributed by atoms with E-state index in [1.54, 1.807) is 0 Å². The fourth-order valence-corrected chi connectivity index (χ4v) is 10.2. The molecule has 12 rings (SSSR count). The van der Waals surface area contributed by atoms with Crippen LogP contribution >= 0.6 is 18.8 Å². The van der Waals surface area contributed by atoms with Crippen molar-refractivity contribution in [1.82, 2.24) is 0 Å². The zero-order valence-electron chi connectivity index (χ0n) is 40.0. The molecule has 0 saturated heterocycles. The van der Waals surface area contributed by atoms with Crippen LogP contribution in [-0.4, -0.2) is 0 Å². The van der Waals surface area contributed by atoms with Crippen molar-refractivity contribution in [3.05, 3.63) is 303 Å². The molecule has 3 heteroatoms. The van der Waals surface area contributed by atoms with Crippen LogP contribution < -0.4 is 0 Å². The Morgan fingerprint density at radius 2 is 0.329 bits per heavy atom. The normalized spacial score (nSPS) is 10.7. The Morgan fingerprint density at radius 1 is 0.192 bits per heavy atom. The van der Waals surface area contributed by atoms with Gasteiger partial charge in [0, 0.05) is 0 Å². The molecular weight excluding hydrogens is 1010 g/mol. The Labute approximate surface area is 446 Å². The molecule has 0 unspecified atom stereocenters. The molecule has 352 valence electrons. The molecule has 0 heterocycles. The molecule has 0 N–H and O–H groups in total. The van der Waals surface area contributed by atoms with Crippen molar-refractivity contribution in [1.29, 1.82) is 0 Å². The maximum absolute atomic E-state index is 4.89. The minimum atomic E-state index is -0.586. The first-order chi connectivity index (χ1) is 36.2. The van der Waals surface area contributed by atoms with E-state index in [1.807, 2.05) is 0 Å². The van der Waals surface area contributed by atoms with E-state index in [0.717, 1.165) is 0 Å². The molecule has 0 fully saturated rings. The van der Waals surface area contributed by atoms with E-state index in [4.69, 9.17) is 18.8 Å². The topological polar surface area (TPSA) is 0 Å². The van der Waals surface area contributed by atoms with E-state index < -0.39 is 16.5 Å². The molecule has 0 spiro atoms. The van der Waals surface area contributed by atoms with Crippen molar-refractivity contribution in [2.24, 2.45) is 0 Å². The summed E-state index contributed by atoms with van der Waals surface area (Å²) in [6, 6.07) is 108. The Morgan fingerprint density at radius 3 is 0.493 bits per heavy atom. The van der Waals surface area contributed by atoms with Gasteiger partial charge in [0.25, 0.3) is 0 Å². The van der Waals surface area contributed by atoms with Gasteiger partial charge in [0.05, 0.1) is 0 Å². The molecule has 0 aromatic heterocycles. The molecule has 0 saturated carbocycles. The molecule has 12 aromatic rings. The van der Waals surface area contributed by atoms with E-state index in [1.165, 1.54) is 111 Å². The Balaban J connectivity index is 0.000000159. The largest absolute Gasteiger partial charge is 0.0999 e. The van der Waals surface area contributed by atoms with E-state index >= 15 is 0 Å². The fourth-order valence-electron chi connectivity index (χ4n) is 10.2. The summed E-state index contributed by atoms with van der Waals surface area (Å²) in [5, 5.41) is 0. The predicted octanol–water partition coefficient (Wildman–Crippen LogP) is 20.9. The molecule has 0 atom stereocenters. The third-order valence-corrected chi connectivity index (χ3v) is 13.1. The van der Waals surface area contributed by atoms with E-state index in [0.29, 0.717) is 0 Å². The van der Waals surface area contributed by atoms with Crippen LogP contribution in [0.1, 0.15) is 0 Å². The van der Waals surface area contributed by atoms with Crippen molar-refractivity contribution in [3.63, 3.8) is 0 Å². The first kappa shape index (κ1) is 48.8. The van der Waals surface area contributed by atoms with Gasteiger partial charge in [0.15, 0.2) is 0 Å². The Bertz CT molecular complexity index is 2740. The SMILES string of the molecule is [Cl][Mo][Cl].c1ccc(-c2c(-c3ccccc3)c(-c3ccccc3)[c-](-c3ccccc3)c2-c2ccccc2)cc1.c1ccc(-c2c(-c3ccccc3)c(-c3ccccc3)[c-](-c3ccccc3)c2-c2ccccc2)cc1. The summed E-state index contributed by atoms with van der Waals surface area (Å²) in [7, 11) is 9.79. The smallest absolute Gasteiger partial charge is 0.0465 e. The van der Waals surface area contributed by atoms with E-state index in [-0.39, 0.29) is 0 Å². The van der Waals surface area contributed by atoms with Gasteiger partial charge < -0.3 is 0 Å². The minimum Gasteiger partial charge on any atom is -0.0999 e. The molecular formula is C70H50Cl2Mo-2. The van der Waals surface area contributed by atoms with Crippen LogP contribution in [-0.2, 0) is 16.5 Å². The molecule has 0 aliphatic rings. The van der Waals surface area contributed by atoms with Crippen molar-refractivity contribution < 1.29 is 16.5 Å². The molecule has 0 aliphatic heterocycles. The van der Waals surface area contributed by atoms with Crippen LogP contribution in [0.25, 0.3) is 111 Å². The van der Waals surface area contributed by atoms with Gasteiger partial charge in [0.2, 0.25) is 0 Å². The summed E-state index contributed by atoms with van der Waals surface area (Å²) < 4.78 is 0. The van der Waals surface area contributed by atoms with Gasteiger partial charge in [0.1, 0.15) is 0 Å². The summed E-state index contributed by atoms with van der Waals surface area (Å²) in [5.41, 5.74) is 25.0. The first-order valence-corrected chi connectivity index (χ1v) is 29.6. The molecule has 0 bridgehead atoms. The predicted molar refractivity (Wildman–Crippen MR) is 310 cm³/mol.